The summed E-state index contributed by atoms with van der Waals surface area (Å²) in [5.74, 6) is -0.544. The minimum absolute atomic E-state index is 0.0675. The van der Waals surface area contributed by atoms with Crippen molar-refractivity contribution in [3.8, 4) is 0 Å². The normalized spacial score (nSPS) is 17.0. The van der Waals surface area contributed by atoms with Crippen molar-refractivity contribution in [3.63, 3.8) is 0 Å². The molecular weight excluding hydrogens is 351 g/mol. The monoisotopic (exact) mass is 366 g/mol. The molecule has 5 nitrogen and oxygen atoms in total. The summed E-state index contributed by atoms with van der Waals surface area (Å²) in [6.07, 6.45) is 3.53. The van der Waals surface area contributed by atoms with Gasteiger partial charge >= 0.3 is 0 Å². The molecule has 1 saturated heterocycles. The number of rotatable bonds is 5. The Labute approximate surface area is 149 Å². The van der Waals surface area contributed by atoms with Crippen LogP contribution in [-0.2, 0) is 4.74 Å². The molecule has 1 aromatic carbocycles. The van der Waals surface area contributed by atoms with Gasteiger partial charge in [0.25, 0.3) is 5.91 Å². The molecule has 1 amide bonds. The van der Waals surface area contributed by atoms with Gasteiger partial charge in [0.2, 0.25) is 0 Å². The average molecular weight is 367 g/mol. The van der Waals surface area contributed by atoms with Crippen LogP contribution < -0.4 is 5.32 Å². The lowest BCUT2D eigenvalue weighted by Gasteiger charge is -2.09. The number of H-pyrrole nitrogens is 1. The smallest absolute Gasteiger partial charge is 0.267 e. The van der Waals surface area contributed by atoms with E-state index in [0.717, 1.165) is 19.4 Å². The lowest BCUT2D eigenvalue weighted by atomic mass is 10.1. The fourth-order valence-corrected chi connectivity index (χ4v) is 3.09. The summed E-state index contributed by atoms with van der Waals surface area (Å²) in [5, 5.41) is 3.54. The maximum atomic E-state index is 12.5. The third-order valence-corrected chi connectivity index (χ3v) is 4.43. The average Bonchev–Trinajstić information content (AvgIpc) is 3.23. The Morgan fingerprint density at radius 1 is 1.29 bits per heavy atom. The molecule has 0 spiro atoms. The van der Waals surface area contributed by atoms with E-state index in [2.05, 4.69) is 10.3 Å². The molecule has 2 heterocycles. The summed E-state index contributed by atoms with van der Waals surface area (Å²) in [4.78, 5) is 27.4. The third kappa shape index (κ3) is 3.80. The number of aromatic nitrogens is 1. The second-order valence-electron chi connectivity index (χ2n) is 5.60. The van der Waals surface area contributed by atoms with E-state index in [0.29, 0.717) is 28.4 Å². The second kappa shape index (κ2) is 7.38. The van der Waals surface area contributed by atoms with Gasteiger partial charge in [-0.3, -0.25) is 9.59 Å². The van der Waals surface area contributed by atoms with Crippen LogP contribution in [0.2, 0.25) is 10.0 Å². The van der Waals surface area contributed by atoms with E-state index in [1.807, 2.05) is 0 Å². The van der Waals surface area contributed by atoms with Gasteiger partial charge < -0.3 is 15.0 Å². The zero-order valence-electron chi connectivity index (χ0n) is 12.8. The fraction of sp³-hybridized carbons (Fsp3) is 0.294. The van der Waals surface area contributed by atoms with Crippen LogP contribution in [0.5, 0.6) is 0 Å². The van der Waals surface area contributed by atoms with Crippen LogP contribution in [-0.4, -0.2) is 35.9 Å². The summed E-state index contributed by atoms with van der Waals surface area (Å²) in [6, 6.07) is 6.19. The maximum Gasteiger partial charge on any atom is 0.267 e. The van der Waals surface area contributed by atoms with Crippen LogP contribution in [0.15, 0.2) is 30.5 Å². The number of hydrogen-bond donors (Lipinski definition) is 2. The van der Waals surface area contributed by atoms with Crippen molar-refractivity contribution >= 4 is 34.9 Å². The van der Waals surface area contributed by atoms with Crippen LogP contribution in [0.1, 0.15) is 39.3 Å². The van der Waals surface area contributed by atoms with Gasteiger partial charge in [0.05, 0.1) is 11.1 Å². The number of ether oxygens (including phenoxy) is 1. The number of carbonyl (C=O) groups excluding carboxylic acids is 2. The van der Waals surface area contributed by atoms with Gasteiger partial charge in [0.1, 0.15) is 5.69 Å². The Kier molecular flexibility index (Phi) is 5.23. The van der Waals surface area contributed by atoms with E-state index >= 15 is 0 Å². The van der Waals surface area contributed by atoms with E-state index in [4.69, 9.17) is 27.9 Å². The van der Waals surface area contributed by atoms with Crippen LogP contribution in [0.25, 0.3) is 0 Å². The molecule has 0 aliphatic carbocycles. The lowest BCUT2D eigenvalue weighted by Crippen LogP contribution is -2.31. The van der Waals surface area contributed by atoms with E-state index in [1.54, 1.807) is 12.1 Å². The highest BCUT2D eigenvalue weighted by atomic mass is 35.5. The summed E-state index contributed by atoms with van der Waals surface area (Å²) in [6.45, 7) is 1.20. The molecule has 0 radical (unpaired) electrons. The van der Waals surface area contributed by atoms with Gasteiger partial charge in [-0.15, -0.1) is 0 Å². The lowest BCUT2D eigenvalue weighted by molar-refractivity contribution is 0.0854. The van der Waals surface area contributed by atoms with Crippen LogP contribution in [0.4, 0.5) is 0 Å². The van der Waals surface area contributed by atoms with Crippen molar-refractivity contribution in [3.05, 3.63) is 57.3 Å². The molecule has 1 aliphatic heterocycles. The Morgan fingerprint density at radius 3 is 2.83 bits per heavy atom. The number of aromatic amines is 1. The first-order valence-electron chi connectivity index (χ1n) is 7.62. The predicted octanol–water partition coefficient (Wildman–Crippen LogP) is 3.46. The summed E-state index contributed by atoms with van der Waals surface area (Å²) >= 11 is 11.9. The zero-order valence-corrected chi connectivity index (χ0v) is 14.3. The van der Waals surface area contributed by atoms with Crippen LogP contribution in [0.3, 0.4) is 0 Å². The van der Waals surface area contributed by atoms with Crippen molar-refractivity contribution < 1.29 is 14.3 Å². The maximum absolute atomic E-state index is 12.5. The van der Waals surface area contributed by atoms with E-state index in [9.17, 15) is 9.59 Å². The number of benzene rings is 1. The molecule has 2 aromatic rings. The van der Waals surface area contributed by atoms with Crippen LogP contribution >= 0.6 is 23.2 Å². The SMILES string of the molecule is O=C(NC[C@@H]1CCCO1)c1cc(C(=O)c2ccc(Cl)cc2Cl)c[nH]1. The highest BCUT2D eigenvalue weighted by Gasteiger charge is 2.19. The molecule has 0 bridgehead atoms. The Hall–Kier alpha value is -1.82. The van der Waals surface area contributed by atoms with Gasteiger partial charge in [-0.1, -0.05) is 23.2 Å². The molecule has 0 saturated carbocycles. The minimum atomic E-state index is -0.272. The summed E-state index contributed by atoms with van der Waals surface area (Å²) in [7, 11) is 0. The van der Waals surface area contributed by atoms with Gasteiger partial charge in [0, 0.05) is 35.5 Å². The van der Waals surface area contributed by atoms with E-state index < -0.39 is 0 Å². The zero-order chi connectivity index (χ0) is 17.1. The molecule has 1 atom stereocenters. The van der Waals surface area contributed by atoms with Crippen molar-refractivity contribution in [2.24, 2.45) is 0 Å². The fourth-order valence-electron chi connectivity index (χ4n) is 2.59. The van der Waals surface area contributed by atoms with Crippen molar-refractivity contribution in [2.75, 3.05) is 13.2 Å². The van der Waals surface area contributed by atoms with Crippen LogP contribution in [0, 0.1) is 0 Å². The molecule has 7 heteroatoms. The van der Waals surface area contributed by atoms with Gasteiger partial charge in [-0.2, -0.15) is 0 Å². The highest BCUT2D eigenvalue weighted by molar-refractivity contribution is 6.37. The molecule has 24 heavy (non-hydrogen) atoms. The molecule has 1 fully saturated rings. The number of hydrogen-bond acceptors (Lipinski definition) is 3. The highest BCUT2D eigenvalue weighted by Crippen LogP contribution is 2.23. The summed E-state index contributed by atoms with van der Waals surface area (Å²) in [5.41, 5.74) is 1.02. The molecule has 3 rings (SSSR count). The number of nitrogens with one attached hydrogen (secondary N) is 2. The first-order valence-corrected chi connectivity index (χ1v) is 8.38. The summed E-state index contributed by atoms with van der Waals surface area (Å²) < 4.78 is 5.46. The second-order valence-corrected chi connectivity index (χ2v) is 6.44. The van der Waals surface area contributed by atoms with Crippen molar-refractivity contribution in [2.45, 2.75) is 18.9 Å². The van der Waals surface area contributed by atoms with E-state index in [1.165, 1.54) is 18.3 Å². The molecule has 1 aliphatic rings. The van der Waals surface area contributed by atoms with Gasteiger partial charge in [0.15, 0.2) is 5.78 Å². The Balaban J connectivity index is 1.67. The molecule has 126 valence electrons. The number of ketones is 1. The first-order chi connectivity index (χ1) is 11.5. The predicted molar refractivity (Wildman–Crippen MR) is 92.0 cm³/mol. The minimum Gasteiger partial charge on any atom is -0.376 e. The molecule has 1 aromatic heterocycles. The molecule has 0 unspecified atom stereocenters. The number of halogens is 2. The quantitative estimate of drug-likeness (QED) is 0.795. The molecule has 2 N–H and O–H groups in total. The standard InChI is InChI=1S/C17H16Cl2N2O3/c18-11-3-4-13(14(19)7-11)16(22)10-6-15(20-8-10)17(23)21-9-12-2-1-5-24-12/h3-4,6-8,12,20H,1-2,5,9H2,(H,21,23)/t12-/m0/s1. The van der Waals surface area contributed by atoms with Gasteiger partial charge in [-0.05, 0) is 37.1 Å². The van der Waals surface area contributed by atoms with Crippen molar-refractivity contribution in [1.82, 2.24) is 10.3 Å². The van der Waals surface area contributed by atoms with Gasteiger partial charge in [-0.25, -0.2) is 0 Å². The Bertz CT molecular complexity index is 767. The largest absolute Gasteiger partial charge is 0.376 e. The third-order valence-electron chi connectivity index (χ3n) is 3.88. The van der Waals surface area contributed by atoms with Crippen molar-refractivity contribution in [1.29, 1.82) is 0 Å². The number of amides is 1. The Morgan fingerprint density at radius 2 is 2.12 bits per heavy atom. The van der Waals surface area contributed by atoms with E-state index in [-0.39, 0.29) is 22.8 Å². The number of carbonyl (C=O) groups is 2. The topological polar surface area (TPSA) is 71.2 Å². The molecular formula is C17H16Cl2N2O3. The first kappa shape index (κ1) is 17.0.